The van der Waals surface area contributed by atoms with Gasteiger partial charge in [-0.3, -0.25) is 9.59 Å². The number of amides is 1. The van der Waals surface area contributed by atoms with Crippen molar-refractivity contribution >= 4 is 29.3 Å². The summed E-state index contributed by atoms with van der Waals surface area (Å²) in [6.07, 6.45) is 0. The van der Waals surface area contributed by atoms with E-state index in [0.29, 0.717) is 17.3 Å². The van der Waals surface area contributed by atoms with Gasteiger partial charge in [-0.15, -0.1) is 11.8 Å². The van der Waals surface area contributed by atoms with Crippen LogP contribution in [-0.2, 0) is 0 Å². The maximum atomic E-state index is 12.3. The molecule has 0 aliphatic rings. The van der Waals surface area contributed by atoms with Crippen molar-refractivity contribution in [3.05, 3.63) is 57.5 Å². The second-order valence-electron chi connectivity index (χ2n) is 4.62. The van der Waals surface area contributed by atoms with E-state index in [0.717, 1.165) is 4.90 Å². The predicted octanol–water partition coefficient (Wildman–Crippen LogP) is 1.65. The van der Waals surface area contributed by atoms with E-state index in [-0.39, 0.29) is 30.3 Å². The summed E-state index contributed by atoms with van der Waals surface area (Å²) >= 11 is 7.42. The molecule has 0 aliphatic carbocycles. The highest BCUT2D eigenvalue weighted by Crippen LogP contribution is 2.20. The third-order valence-corrected chi connectivity index (χ3v) is 4.24. The highest BCUT2D eigenvalue weighted by Gasteiger charge is 2.16. The number of halogens is 1. The highest BCUT2D eigenvalue weighted by atomic mass is 35.5. The van der Waals surface area contributed by atoms with Crippen molar-refractivity contribution in [2.24, 2.45) is 0 Å². The van der Waals surface area contributed by atoms with Crippen molar-refractivity contribution in [1.82, 2.24) is 15.1 Å². The van der Waals surface area contributed by atoms with Crippen LogP contribution in [0.25, 0.3) is 0 Å². The van der Waals surface area contributed by atoms with Crippen LogP contribution in [0.1, 0.15) is 10.5 Å². The van der Waals surface area contributed by atoms with Crippen molar-refractivity contribution in [1.29, 1.82) is 0 Å². The summed E-state index contributed by atoms with van der Waals surface area (Å²) in [6.45, 7) is 0.523. The number of aromatic nitrogens is 2. The fourth-order valence-corrected chi connectivity index (χ4v) is 2.87. The minimum absolute atomic E-state index is 0.138. The molecule has 0 bridgehead atoms. The lowest BCUT2D eigenvalue weighted by Crippen LogP contribution is -2.36. The van der Waals surface area contributed by atoms with Crippen LogP contribution in [-0.4, -0.2) is 51.6 Å². The van der Waals surface area contributed by atoms with E-state index in [1.54, 1.807) is 11.8 Å². The van der Waals surface area contributed by atoms with Gasteiger partial charge in [-0.05, 0) is 30.3 Å². The minimum atomic E-state index is -0.367. The number of aliphatic hydroxyl groups is 1. The lowest BCUT2D eigenvalue weighted by Gasteiger charge is -2.20. The standard InChI is InChI=1S/C15H16ClN3O3S/c16-11-1-3-12(4-2-11)23-10-8-19(7-9-20)15(22)13-5-6-14(21)18-17-13/h1-6,20H,7-10H2,(H,18,21). The van der Waals surface area contributed by atoms with Crippen LogP contribution in [0.4, 0.5) is 0 Å². The zero-order valence-corrected chi connectivity index (χ0v) is 13.8. The molecule has 0 unspecified atom stereocenters. The van der Waals surface area contributed by atoms with Gasteiger partial charge in [-0.2, -0.15) is 5.10 Å². The number of hydrogen-bond donors (Lipinski definition) is 2. The molecule has 0 fully saturated rings. The number of aliphatic hydroxyl groups excluding tert-OH is 1. The third-order valence-electron chi connectivity index (χ3n) is 3.00. The average Bonchev–Trinajstić information content (AvgIpc) is 2.56. The molecule has 6 nitrogen and oxygen atoms in total. The van der Waals surface area contributed by atoms with E-state index in [4.69, 9.17) is 16.7 Å². The molecule has 23 heavy (non-hydrogen) atoms. The van der Waals surface area contributed by atoms with E-state index in [9.17, 15) is 9.59 Å². The van der Waals surface area contributed by atoms with Gasteiger partial charge in [-0.1, -0.05) is 11.6 Å². The molecule has 0 atom stereocenters. The Morgan fingerprint density at radius 1 is 1.22 bits per heavy atom. The topological polar surface area (TPSA) is 86.3 Å². The molecule has 122 valence electrons. The van der Waals surface area contributed by atoms with Gasteiger partial charge in [0.05, 0.1) is 6.61 Å². The van der Waals surface area contributed by atoms with Gasteiger partial charge >= 0.3 is 0 Å². The Hall–Kier alpha value is -1.83. The van der Waals surface area contributed by atoms with Gasteiger partial charge < -0.3 is 10.0 Å². The molecule has 2 rings (SSSR count). The molecule has 0 aliphatic heterocycles. The summed E-state index contributed by atoms with van der Waals surface area (Å²) in [5.41, 5.74) is -0.219. The molecule has 1 amide bonds. The van der Waals surface area contributed by atoms with Gasteiger partial charge in [0.15, 0.2) is 0 Å². The van der Waals surface area contributed by atoms with E-state index in [1.165, 1.54) is 17.0 Å². The monoisotopic (exact) mass is 353 g/mol. The zero-order valence-electron chi connectivity index (χ0n) is 12.2. The van der Waals surface area contributed by atoms with Crippen molar-refractivity contribution in [3.63, 3.8) is 0 Å². The van der Waals surface area contributed by atoms with Crippen LogP contribution < -0.4 is 5.56 Å². The molecule has 2 N–H and O–H groups in total. The molecule has 0 saturated heterocycles. The van der Waals surface area contributed by atoms with Crippen molar-refractivity contribution < 1.29 is 9.90 Å². The lowest BCUT2D eigenvalue weighted by molar-refractivity contribution is 0.0726. The quantitative estimate of drug-likeness (QED) is 0.739. The Labute approximate surface area is 142 Å². The summed E-state index contributed by atoms with van der Waals surface area (Å²) in [7, 11) is 0. The normalized spacial score (nSPS) is 10.5. The fraction of sp³-hybridized carbons (Fsp3) is 0.267. The Morgan fingerprint density at radius 3 is 2.57 bits per heavy atom. The van der Waals surface area contributed by atoms with Crippen LogP contribution >= 0.6 is 23.4 Å². The van der Waals surface area contributed by atoms with Gasteiger partial charge in [0.2, 0.25) is 0 Å². The molecule has 0 saturated carbocycles. The molecule has 1 aromatic heterocycles. The second kappa shape index (κ2) is 8.71. The summed E-state index contributed by atoms with van der Waals surface area (Å²) in [5, 5.41) is 15.8. The van der Waals surface area contributed by atoms with Crippen molar-refractivity contribution in [2.75, 3.05) is 25.4 Å². The highest BCUT2D eigenvalue weighted by molar-refractivity contribution is 7.99. The zero-order chi connectivity index (χ0) is 16.7. The number of rotatable bonds is 7. The fourth-order valence-electron chi connectivity index (χ4n) is 1.87. The van der Waals surface area contributed by atoms with Crippen molar-refractivity contribution in [3.8, 4) is 0 Å². The number of carbonyl (C=O) groups excluding carboxylic acids is 1. The van der Waals surface area contributed by atoms with Crippen LogP contribution in [0, 0.1) is 0 Å². The van der Waals surface area contributed by atoms with E-state index in [2.05, 4.69) is 10.2 Å². The van der Waals surface area contributed by atoms with E-state index in [1.807, 2.05) is 24.3 Å². The minimum Gasteiger partial charge on any atom is -0.395 e. The number of nitrogens with one attached hydrogen (secondary N) is 1. The molecule has 1 aromatic carbocycles. The SMILES string of the molecule is O=C(c1ccc(=O)[nH]n1)N(CCO)CCSc1ccc(Cl)cc1. The summed E-state index contributed by atoms with van der Waals surface area (Å²) in [5.74, 6) is 0.337. The first-order valence-electron chi connectivity index (χ1n) is 6.94. The number of hydrogen-bond acceptors (Lipinski definition) is 5. The Kier molecular flexibility index (Phi) is 6.64. The lowest BCUT2D eigenvalue weighted by atomic mass is 10.3. The summed E-state index contributed by atoms with van der Waals surface area (Å²) in [4.78, 5) is 25.9. The number of benzene rings is 1. The number of carbonyl (C=O) groups is 1. The first-order valence-corrected chi connectivity index (χ1v) is 8.31. The smallest absolute Gasteiger partial charge is 0.274 e. The van der Waals surface area contributed by atoms with Gasteiger partial charge in [-0.25, -0.2) is 5.10 Å². The van der Waals surface area contributed by atoms with Crippen LogP contribution in [0.15, 0.2) is 46.1 Å². The van der Waals surface area contributed by atoms with E-state index >= 15 is 0 Å². The Balaban J connectivity index is 1.95. The number of nitrogens with zero attached hydrogens (tertiary/aromatic N) is 2. The van der Waals surface area contributed by atoms with Crippen LogP contribution in [0.2, 0.25) is 5.02 Å². The largest absolute Gasteiger partial charge is 0.395 e. The number of H-pyrrole nitrogens is 1. The Morgan fingerprint density at radius 2 is 1.96 bits per heavy atom. The van der Waals surface area contributed by atoms with Gasteiger partial charge in [0, 0.05) is 34.8 Å². The van der Waals surface area contributed by atoms with Gasteiger partial charge in [0.1, 0.15) is 5.69 Å². The Bertz CT molecular complexity index is 685. The predicted molar refractivity (Wildman–Crippen MR) is 90.0 cm³/mol. The van der Waals surface area contributed by atoms with Gasteiger partial charge in [0.25, 0.3) is 11.5 Å². The molecular weight excluding hydrogens is 338 g/mol. The number of aromatic amines is 1. The summed E-state index contributed by atoms with van der Waals surface area (Å²) < 4.78 is 0. The molecule has 8 heteroatoms. The van der Waals surface area contributed by atoms with E-state index < -0.39 is 0 Å². The first-order chi connectivity index (χ1) is 11.1. The molecule has 1 heterocycles. The van der Waals surface area contributed by atoms with Crippen LogP contribution in [0.5, 0.6) is 0 Å². The second-order valence-corrected chi connectivity index (χ2v) is 6.23. The molecule has 0 spiro atoms. The van der Waals surface area contributed by atoms with Crippen molar-refractivity contribution in [2.45, 2.75) is 4.90 Å². The maximum Gasteiger partial charge on any atom is 0.274 e. The molecule has 2 aromatic rings. The molecular formula is C15H16ClN3O3S. The maximum absolute atomic E-state index is 12.3. The van der Waals surface area contributed by atoms with Crippen LogP contribution in [0.3, 0.4) is 0 Å². The average molecular weight is 354 g/mol. The summed E-state index contributed by atoms with van der Waals surface area (Å²) in [6, 6.07) is 10.1. The first kappa shape index (κ1) is 17.5. The third kappa shape index (κ3) is 5.38. The number of thioether (sulfide) groups is 1. The molecule has 0 radical (unpaired) electrons.